The van der Waals surface area contributed by atoms with Crippen LogP contribution in [0.15, 0.2) is 23.3 Å². The van der Waals surface area contributed by atoms with Crippen LogP contribution in [0, 0.1) is 6.92 Å². The van der Waals surface area contributed by atoms with Gasteiger partial charge in [0.15, 0.2) is 0 Å². The van der Waals surface area contributed by atoms with Gasteiger partial charge < -0.3 is 4.74 Å². The first-order valence-electron chi connectivity index (χ1n) is 5.40. The fourth-order valence-corrected chi connectivity index (χ4v) is 1.55. The molecule has 0 bridgehead atoms. The maximum atomic E-state index is 11.4. The minimum absolute atomic E-state index is 0.313. The maximum Gasteiger partial charge on any atom is 0.338 e. The van der Waals surface area contributed by atoms with Crippen LogP contribution in [0.2, 0.25) is 0 Å². The second kappa shape index (κ2) is 5.48. The summed E-state index contributed by atoms with van der Waals surface area (Å²) in [6.07, 6.45) is 0. The number of hydrazone groups is 1. The fourth-order valence-electron chi connectivity index (χ4n) is 1.55. The van der Waals surface area contributed by atoms with Crippen molar-refractivity contribution >= 4 is 17.4 Å². The molecule has 1 aromatic carbocycles. The van der Waals surface area contributed by atoms with Gasteiger partial charge in [0.2, 0.25) is 0 Å². The Kier molecular flexibility index (Phi) is 4.26. The summed E-state index contributed by atoms with van der Waals surface area (Å²) in [6.45, 7) is 5.75. The minimum atomic E-state index is -0.313. The first-order valence-corrected chi connectivity index (χ1v) is 5.40. The number of hydrogen-bond donors (Lipinski definition) is 0. The molecule has 0 radical (unpaired) electrons. The highest BCUT2D eigenvalue weighted by Gasteiger charge is 2.10. The minimum Gasteiger partial charge on any atom is -0.465 e. The number of hydrogen-bond acceptors (Lipinski definition) is 4. The standard InChI is InChI=1S/C13H18N2O2/c1-9(2)14-15(4)11-6-7-12(10(3)8-11)13(16)17-5/h6-8H,1-5H3. The lowest BCUT2D eigenvalue weighted by Crippen LogP contribution is -2.12. The summed E-state index contributed by atoms with van der Waals surface area (Å²) in [5.74, 6) is -0.313. The lowest BCUT2D eigenvalue weighted by molar-refractivity contribution is 0.0600. The molecule has 0 aliphatic heterocycles. The van der Waals surface area contributed by atoms with Gasteiger partial charge in [0.25, 0.3) is 0 Å². The van der Waals surface area contributed by atoms with E-state index in [2.05, 4.69) is 5.10 Å². The molecule has 0 saturated heterocycles. The first kappa shape index (κ1) is 13.2. The fraction of sp³-hybridized carbons (Fsp3) is 0.385. The van der Waals surface area contributed by atoms with Crippen LogP contribution in [0.1, 0.15) is 29.8 Å². The van der Waals surface area contributed by atoms with Gasteiger partial charge in [-0.2, -0.15) is 5.10 Å². The lowest BCUT2D eigenvalue weighted by atomic mass is 10.1. The van der Waals surface area contributed by atoms with E-state index in [0.29, 0.717) is 5.56 Å². The summed E-state index contributed by atoms with van der Waals surface area (Å²) >= 11 is 0. The Hall–Kier alpha value is -1.84. The van der Waals surface area contributed by atoms with Crippen molar-refractivity contribution in [2.45, 2.75) is 20.8 Å². The maximum absolute atomic E-state index is 11.4. The average molecular weight is 234 g/mol. The Morgan fingerprint density at radius 2 is 2.00 bits per heavy atom. The SMILES string of the molecule is COC(=O)c1ccc(N(C)N=C(C)C)cc1C. The van der Waals surface area contributed by atoms with Gasteiger partial charge in [-0.3, -0.25) is 5.01 Å². The molecule has 4 heteroatoms. The van der Waals surface area contributed by atoms with Crippen LogP contribution in [-0.2, 0) is 4.74 Å². The molecule has 4 nitrogen and oxygen atoms in total. The van der Waals surface area contributed by atoms with Crippen LogP contribution in [-0.4, -0.2) is 25.8 Å². The van der Waals surface area contributed by atoms with E-state index >= 15 is 0 Å². The molecule has 1 rings (SSSR count). The molecule has 0 spiro atoms. The van der Waals surface area contributed by atoms with Crippen molar-refractivity contribution < 1.29 is 9.53 Å². The highest BCUT2D eigenvalue weighted by Crippen LogP contribution is 2.19. The Balaban J connectivity index is 3.04. The predicted molar refractivity (Wildman–Crippen MR) is 69.7 cm³/mol. The third kappa shape index (κ3) is 3.31. The van der Waals surface area contributed by atoms with Gasteiger partial charge in [0, 0.05) is 12.8 Å². The second-order valence-corrected chi connectivity index (χ2v) is 4.06. The summed E-state index contributed by atoms with van der Waals surface area (Å²) in [7, 11) is 3.26. The largest absolute Gasteiger partial charge is 0.465 e. The molecule has 0 aromatic heterocycles. The Morgan fingerprint density at radius 1 is 1.35 bits per heavy atom. The average Bonchev–Trinajstić information content (AvgIpc) is 2.27. The van der Waals surface area contributed by atoms with Crippen molar-refractivity contribution in [1.82, 2.24) is 0 Å². The van der Waals surface area contributed by atoms with Gasteiger partial charge in [-0.1, -0.05) is 0 Å². The number of aryl methyl sites for hydroxylation is 1. The van der Waals surface area contributed by atoms with E-state index in [-0.39, 0.29) is 5.97 Å². The summed E-state index contributed by atoms with van der Waals surface area (Å²) in [5.41, 5.74) is 3.38. The van der Waals surface area contributed by atoms with Gasteiger partial charge in [-0.15, -0.1) is 0 Å². The molecule has 0 saturated carbocycles. The topological polar surface area (TPSA) is 41.9 Å². The van der Waals surface area contributed by atoms with Crippen LogP contribution in [0.5, 0.6) is 0 Å². The Labute approximate surface area is 102 Å². The molecule has 0 atom stereocenters. The molecule has 0 fully saturated rings. The molecule has 0 aliphatic rings. The van der Waals surface area contributed by atoms with Gasteiger partial charge in [0.1, 0.15) is 0 Å². The van der Waals surface area contributed by atoms with Gasteiger partial charge in [-0.05, 0) is 44.5 Å². The highest BCUT2D eigenvalue weighted by atomic mass is 16.5. The molecule has 0 N–H and O–H groups in total. The zero-order chi connectivity index (χ0) is 13.0. The van der Waals surface area contributed by atoms with E-state index in [0.717, 1.165) is 17.0 Å². The van der Waals surface area contributed by atoms with Crippen LogP contribution in [0.3, 0.4) is 0 Å². The molecule has 0 amide bonds. The molecule has 0 unspecified atom stereocenters. The zero-order valence-corrected chi connectivity index (χ0v) is 10.9. The highest BCUT2D eigenvalue weighted by molar-refractivity contribution is 5.91. The molecule has 17 heavy (non-hydrogen) atoms. The van der Waals surface area contributed by atoms with E-state index < -0.39 is 0 Å². The Morgan fingerprint density at radius 3 is 2.47 bits per heavy atom. The van der Waals surface area contributed by atoms with Crippen LogP contribution in [0.25, 0.3) is 0 Å². The third-order valence-corrected chi connectivity index (χ3v) is 2.34. The number of methoxy groups -OCH3 is 1. The monoisotopic (exact) mass is 234 g/mol. The lowest BCUT2D eigenvalue weighted by Gasteiger charge is -2.15. The first-order chi connectivity index (χ1) is 7.95. The number of nitrogens with zero attached hydrogens (tertiary/aromatic N) is 2. The van der Waals surface area contributed by atoms with Gasteiger partial charge in [0.05, 0.1) is 18.4 Å². The number of esters is 1. The summed E-state index contributed by atoms with van der Waals surface area (Å²) in [4.78, 5) is 11.4. The van der Waals surface area contributed by atoms with Crippen molar-refractivity contribution in [3.8, 4) is 0 Å². The van der Waals surface area contributed by atoms with Crippen molar-refractivity contribution in [2.75, 3.05) is 19.2 Å². The number of carbonyl (C=O) groups excluding carboxylic acids is 1. The van der Waals surface area contributed by atoms with Crippen LogP contribution < -0.4 is 5.01 Å². The molecule has 0 heterocycles. The number of anilines is 1. The molecule has 1 aromatic rings. The van der Waals surface area contributed by atoms with Gasteiger partial charge in [-0.25, -0.2) is 4.79 Å². The van der Waals surface area contributed by atoms with E-state index in [1.165, 1.54) is 7.11 Å². The van der Waals surface area contributed by atoms with Crippen LogP contribution in [0.4, 0.5) is 5.69 Å². The number of ether oxygens (including phenoxy) is 1. The molecule has 92 valence electrons. The second-order valence-electron chi connectivity index (χ2n) is 4.06. The Bertz CT molecular complexity index is 449. The van der Waals surface area contributed by atoms with E-state index in [9.17, 15) is 4.79 Å². The summed E-state index contributed by atoms with van der Waals surface area (Å²) < 4.78 is 4.70. The molecular formula is C13H18N2O2. The third-order valence-electron chi connectivity index (χ3n) is 2.34. The number of carbonyl (C=O) groups is 1. The van der Waals surface area contributed by atoms with Gasteiger partial charge >= 0.3 is 5.97 Å². The number of benzene rings is 1. The predicted octanol–water partition coefficient (Wildman–Crippen LogP) is 2.61. The quantitative estimate of drug-likeness (QED) is 0.458. The molecular weight excluding hydrogens is 216 g/mol. The summed E-state index contributed by atoms with van der Waals surface area (Å²) in [5, 5.41) is 6.10. The van der Waals surface area contributed by atoms with Crippen LogP contribution >= 0.6 is 0 Å². The van der Waals surface area contributed by atoms with Crippen molar-refractivity contribution in [3.05, 3.63) is 29.3 Å². The van der Waals surface area contributed by atoms with Crippen molar-refractivity contribution in [2.24, 2.45) is 5.10 Å². The summed E-state index contributed by atoms with van der Waals surface area (Å²) in [6, 6.07) is 5.53. The van der Waals surface area contributed by atoms with E-state index in [1.54, 1.807) is 11.1 Å². The smallest absolute Gasteiger partial charge is 0.338 e. The molecule has 0 aliphatic carbocycles. The normalized spacial score (nSPS) is 9.71. The van der Waals surface area contributed by atoms with E-state index in [1.807, 2.05) is 40.0 Å². The van der Waals surface area contributed by atoms with E-state index in [4.69, 9.17) is 4.74 Å². The number of rotatable bonds is 3. The van der Waals surface area contributed by atoms with Crippen molar-refractivity contribution in [3.63, 3.8) is 0 Å². The zero-order valence-electron chi connectivity index (χ0n) is 10.9. The van der Waals surface area contributed by atoms with Crippen molar-refractivity contribution in [1.29, 1.82) is 0 Å².